The zero-order valence-electron chi connectivity index (χ0n) is 8.22. The predicted octanol–water partition coefficient (Wildman–Crippen LogP) is -0.502. The molecule has 0 fully saturated rings. The van der Waals surface area contributed by atoms with Crippen LogP contribution in [0, 0.1) is 5.92 Å². The van der Waals surface area contributed by atoms with Crippen molar-refractivity contribution in [3.8, 4) is 0 Å². The van der Waals surface area contributed by atoms with Gasteiger partial charge in [0.1, 0.15) is 12.2 Å². The SMILES string of the molecule is CCC(CC)C(O)C(O)C(O)CO. The quantitative estimate of drug-likeness (QED) is 0.457. The minimum atomic E-state index is -1.25. The molecule has 0 rings (SSSR count). The van der Waals surface area contributed by atoms with Crippen molar-refractivity contribution < 1.29 is 20.4 Å². The Morgan fingerprint density at radius 2 is 1.38 bits per heavy atom. The van der Waals surface area contributed by atoms with Crippen LogP contribution in [0.5, 0.6) is 0 Å². The summed E-state index contributed by atoms with van der Waals surface area (Å²) in [6.45, 7) is 3.29. The lowest BCUT2D eigenvalue weighted by molar-refractivity contribution is -0.0955. The molecular formula is C9H20O4. The predicted molar refractivity (Wildman–Crippen MR) is 49.2 cm³/mol. The van der Waals surface area contributed by atoms with E-state index in [1.165, 1.54) is 0 Å². The lowest BCUT2D eigenvalue weighted by atomic mass is 9.91. The maximum Gasteiger partial charge on any atom is 0.108 e. The normalized spacial score (nSPS) is 18.7. The van der Waals surface area contributed by atoms with E-state index in [2.05, 4.69) is 0 Å². The maximum absolute atomic E-state index is 9.56. The van der Waals surface area contributed by atoms with Gasteiger partial charge in [-0.2, -0.15) is 0 Å². The van der Waals surface area contributed by atoms with Crippen LogP contribution < -0.4 is 0 Å². The van der Waals surface area contributed by atoms with Crippen LogP contribution in [0.25, 0.3) is 0 Å². The molecule has 3 unspecified atom stereocenters. The molecule has 80 valence electrons. The molecule has 0 aromatic carbocycles. The first-order chi connectivity index (χ1) is 6.08. The summed E-state index contributed by atoms with van der Waals surface area (Å²) >= 11 is 0. The van der Waals surface area contributed by atoms with Crippen molar-refractivity contribution in [2.45, 2.75) is 45.0 Å². The van der Waals surface area contributed by atoms with Gasteiger partial charge in [-0.1, -0.05) is 26.7 Å². The van der Waals surface area contributed by atoms with E-state index in [1.807, 2.05) is 13.8 Å². The number of hydrogen-bond acceptors (Lipinski definition) is 4. The number of hydrogen-bond donors (Lipinski definition) is 4. The summed E-state index contributed by atoms with van der Waals surface area (Å²) < 4.78 is 0. The Morgan fingerprint density at radius 3 is 1.69 bits per heavy atom. The van der Waals surface area contributed by atoms with Gasteiger partial charge in [-0.15, -0.1) is 0 Å². The first-order valence-electron chi connectivity index (χ1n) is 4.73. The second-order valence-corrected chi connectivity index (χ2v) is 3.31. The molecule has 13 heavy (non-hydrogen) atoms. The highest BCUT2D eigenvalue weighted by Crippen LogP contribution is 2.17. The van der Waals surface area contributed by atoms with Crippen LogP contribution in [0.4, 0.5) is 0 Å². The Labute approximate surface area is 78.8 Å². The molecule has 0 aliphatic rings. The molecule has 4 nitrogen and oxygen atoms in total. The topological polar surface area (TPSA) is 80.9 Å². The molecule has 0 spiro atoms. The third-order valence-corrected chi connectivity index (χ3v) is 2.46. The van der Waals surface area contributed by atoms with Gasteiger partial charge in [0, 0.05) is 0 Å². The molecule has 0 bridgehead atoms. The van der Waals surface area contributed by atoms with Gasteiger partial charge in [0.05, 0.1) is 12.7 Å². The Kier molecular flexibility index (Phi) is 6.24. The van der Waals surface area contributed by atoms with Crippen LogP contribution >= 0.6 is 0 Å². The standard InChI is InChI=1S/C9H20O4/c1-3-6(4-2)8(12)9(13)7(11)5-10/h6-13H,3-5H2,1-2H3. The van der Waals surface area contributed by atoms with Gasteiger partial charge in [-0.25, -0.2) is 0 Å². The molecule has 4 N–H and O–H groups in total. The first-order valence-corrected chi connectivity index (χ1v) is 4.73. The highest BCUT2D eigenvalue weighted by Gasteiger charge is 2.28. The molecule has 0 saturated heterocycles. The van der Waals surface area contributed by atoms with Crippen LogP contribution in [-0.4, -0.2) is 45.3 Å². The van der Waals surface area contributed by atoms with E-state index in [0.29, 0.717) is 0 Å². The fraction of sp³-hybridized carbons (Fsp3) is 1.00. The van der Waals surface area contributed by atoms with E-state index in [9.17, 15) is 10.2 Å². The molecule has 4 heteroatoms. The van der Waals surface area contributed by atoms with Crippen molar-refractivity contribution in [1.82, 2.24) is 0 Å². The van der Waals surface area contributed by atoms with Gasteiger partial charge in [-0.05, 0) is 5.92 Å². The number of aliphatic hydroxyl groups is 4. The third kappa shape index (κ3) is 3.60. The Hall–Kier alpha value is -0.160. The molecule has 0 radical (unpaired) electrons. The second kappa shape index (κ2) is 6.32. The number of aliphatic hydroxyl groups excluding tert-OH is 4. The minimum absolute atomic E-state index is 0.0313. The van der Waals surface area contributed by atoms with Gasteiger partial charge in [0.2, 0.25) is 0 Å². The van der Waals surface area contributed by atoms with Gasteiger partial charge in [0.25, 0.3) is 0 Å². The summed E-state index contributed by atoms with van der Waals surface area (Å²) in [5, 5.41) is 36.6. The van der Waals surface area contributed by atoms with Crippen molar-refractivity contribution in [2.24, 2.45) is 5.92 Å². The average molecular weight is 192 g/mol. The first kappa shape index (κ1) is 12.8. The fourth-order valence-corrected chi connectivity index (χ4v) is 1.39. The molecule has 0 aliphatic heterocycles. The van der Waals surface area contributed by atoms with E-state index in [4.69, 9.17) is 10.2 Å². The van der Waals surface area contributed by atoms with Crippen molar-refractivity contribution in [3.63, 3.8) is 0 Å². The van der Waals surface area contributed by atoms with E-state index < -0.39 is 24.9 Å². The van der Waals surface area contributed by atoms with Crippen LogP contribution in [0.15, 0.2) is 0 Å². The van der Waals surface area contributed by atoms with Crippen LogP contribution in [0.1, 0.15) is 26.7 Å². The summed E-state index contributed by atoms with van der Waals surface area (Å²) in [7, 11) is 0. The summed E-state index contributed by atoms with van der Waals surface area (Å²) in [6, 6.07) is 0. The smallest absolute Gasteiger partial charge is 0.108 e. The summed E-state index contributed by atoms with van der Waals surface area (Å²) in [6.07, 6.45) is -1.98. The van der Waals surface area contributed by atoms with Crippen LogP contribution in [0.2, 0.25) is 0 Å². The minimum Gasteiger partial charge on any atom is -0.394 e. The molecule has 0 saturated carbocycles. The lowest BCUT2D eigenvalue weighted by Gasteiger charge is -2.27. The van der Waals surface area contributed by atoms with E-state index in [1.54, 1.807) is 0 Å². The van der Waals surface area contributed by atoms with E-state index in [-0.39, 0.29) is 5.92 Å². The third-order valence-electron chi connectivity index (χ3n) is 2.46. The zero-order chi connectivity index (χ0) is 10.4. The molecule has 0 aromatic heterocycles. The van der Waals surface area contributed by atoms with Gasteiger partial charge in [0.15, 0.2) is 0 Å². The van der Waals surface area contributed by atoms with Gasteiger partial charge < -0.3 is 20.4 Å². The van der Waals surface area contributed by atoms with Crippen molar-refractivity contribution in [1.29, 1.82) is 0 Å². The molecule has 0 heterocycles. The Morgan fingerprint density at radius 1 is 0.923 bits per heavy atom. The summed E-state index contributed by atoms with van der Waals surface area (Å²) in [4.78, 5) is 0. The summed E-state index contributed by atoms with van der Waals surface area (Å²) in [5.74, 6) is -0.0313. The van der Waals surface area contributed by atoms with Crippen molar-refractivity contribution in [3.05, 3.63) is 0 Å². The number of rotatable bonds is 6. The Bertz CT molecular complexity index is 125. The molecule has 3 atom stereocenters. The molecule has 0 aliphatic carbocycles. The van der Waals surface area contributed by atoms with Crippen LogP contribution in [0.3, 0.4) is 0 Å². The lowest BCUT2D eigenvalue weighted by Crippen LogP contribution is -2.43. The van der Waals surface area contributed by atoms with Gasteiger partial charge >= 0.3 is 0 Å². The summed E-state index contributed by atoms with van der Waals surface area (Å²) in [5.41, 5.74) is 0. The van der Waals surface area contributed by atoms with Gasteiger partial charge in [-0.3, -0.25) is 0 Å². The maximum atomic E-state index is 9.56. The van der Waals surface area contributed by atoms with E-state index >= 15 is 0 Å². The molecule has 0 amide bonds. The van der Waals surface area contributed by atoms with Crippen molar-refractivity contribution >= 4 is 0 Å². The monoisotopic (exact) mass is 192 g/mol. The highest BCUT2D eigenvalue weighted by molar-refractivity contribution is 4.79. The zero-order valence-corrected chi connectivity index (χ0v) is 8.22. The Balaban J connectivity index is 4.13. The molecular weight excluding hydrogens is 172 g/mol. The second-order valence-electron chi connectivity index (χ2n) is 3.31. The largest absolute Gasteiger partial charge is 0.394 e. The fourth-order valence-electron chi connectivity index (χ4n) is 1.39. The van der Waals surface area contributed by atoms with E-state index in [0.717, 1.165) is 12.8 Å². The van der Waals surface area contributed by atoms with Crippen molar-refractivity contribution in [2.75, 3.05) is 6.61 Å². The average Bonchev–Trinajstić information content (AvgIpc) is 2.17. The molecule has 0 aromatic rings. The van der Waals surface area contributed by atoms with Crippen LogP contribution in [-0.2, 0) is 0 Å². The highest BCUT2D eigenvalue weighted by atomic mass is 16.4.